The summed E-state index contributed by atoms with van der Waals surface area (Å²) in [5.41, 5.74) is -0.255. The Morgan fingerprint density at radius 3 is 2.65 bits per heavy atom. The second-order valence-electron chi connectivity index (χ2n) is 3.81. The van der Waals surface area contributed by atoms with E-state index in [0.29, 0.717) is 5.13 Å². The number of aromatic nitrogens is 2. The minimum absolute atomic E-state index is 0.255. The van der Waals surface area contributed by atoms with E-state index in [1.165, 1.54) is 17.4 Å². The average Bonchev–Trinajstić information content (AvgIpc) is 2.86. The minimum atomic E-state index is -0.724. The predicted molar refractivity (Wildman–Crippen MR) is 73.3 cm³/mol. The molecule has 1 aromatic carbocycles. The summed E-state index contributed by atoms with van der Waals surface area (Å²) in [7, 11) is 0. The zero-order chi connectivity index (χ0) is 14.5. The molecule has 1 amide bonds. The summed E-state index contributed by atoms with van der Waals surface area (Å²) in [4.78, 5) is 11.6. The van der Waals surface area contributed by atoms with E-state index in [2.05, 4.69) is 15.5 Å². The first-order valence-corrected chi connectivity index (χ1v) is 6.67. The molecular formula is C13H11F2N3OS. The molecule has 0 spiro atoms. The molecule has 104 valence electrons. The normalized spacial score (nSPS) is 10.9. The highest BCUT2D eigenvalue weighted by Gasteiger charge is 2.07. The van der Waals surface area contributed by atoms with E-state index in [1.807, 2.05) is 6.92 Å². The molecule has 0 bridgehead atoms. The van der Waals surface area contributed by atoms with Crippen LogP contribution in [0, 0.1) is 11.6 Å². The first-order chi connectivity index (χ1) is 9.60. The average molecular weight is 295 g/mol. The molecular weight excluding hydrogens is 284 g/mol. The Kier molecular flexibility index (Phi) is 4.52. The molecule has 2 rings (SSSR count). The number of aryl methyl sites for hydroxylation is 1. The molecule has 1 heterocycles. The van der Waals surface area contributed by atoms with Gasteiger partial charge in [0, 0.05) is 11.6 Å². The van der Waals surface area contributed by atoms with Crippen molar-refractivity contribution >= 4 is 28.5 Å². The summed E-state index contributed by atoms with van der Waals surface area (Å²) in [6.07, 6.45) is 2.86. The second kappa shape index (κ2) is 6.33. The van der Waals surface area contributed by atoms with Crippen LogP contribution in [0.5, 0.6) is 0 Å². The SMILES string of the molecule is CCc1nnc(NC(=O)/C=C/c2c(F)cccc2F)s1. The smallest absolute Gasteiger partial charge is 0.250 e. The molecule has 0 aliphatic rings. The third-order valence-electron chi connectivity index (χ3n) is 2.40. The van der Waals surface area contributed by atoms with Gasteiger partial charge in [-0.1, -0.05) is 24.3 Å². The van der Waals surface area contributed by atoms with Crippen LogP contribution >= 0.6 is 11.3 Å². The van der Waals surface area contributed by atoms with Crippen LogP contribution in [-0.2, 0) is 11.2 Å². The Balaban J connectivity index is 2.06. The molecule has 20 heavy (non-hydrogen) atoms. The third kappa shape index (κ3) is 3.45. The van der Waals surface area contributed by atoms with Crippen LogP contribution in [0.1, 0.15) is 17.5 Å². The van der Waals surface area contributed by atoms with Crippen molar-refractivity contribution in [1.82, 2.24) is 10.2 Å². The maximum Gasteiger partial charge on any atom is 0.250 e. The second-order valence-corrected chi connectivity index (χ2v) is 4.87. The summed E-state index contributed by atoms with van der Waals surface area (Å²) in [6.45, 7) is 1.92. The number of carbonyl (C=O) groups is 1. The molecule has 0 saturated heterocycles. The largest absolute Gasteiger partial charge is 0.297 e. The predicted octanol–water partition coefficient (Wildman–Crippen LogP) is 3.03. The lowest BCUT2D eigenvalue weighted by Crippen LogP contribution is -2.07. The van der Waals surface area contributed by atoms with Gasteiger partial charge in [-0.15, -0.1) is 10.2 Å². The molecule has 0 fully saturated rings. The van der Waals surface area contributed by atoms with Gasteiger partial charge < -0.3 is 0 Å². The number of hydrogen-bond donors (Lipinski definition) is 1. The highest BCUT2D eigenvalue weighted by molar-refractivity contribution is 7.15. The zero-order valence-corrected chi connectivity index (χ0v) is 11.4. The fourth-order valence-corrected chi connectivity index (χ4v) is 2.11. The summed E-state index contributed by atoms with van der Waals surface area (Å²) in [5.74, 6) is -1.97. The number of nitrogens with one attached hydrogen (secondary N) is 1. The Hall–Kier alpha value is -2.15. The monoisotopic (exact) mass is 295 g/mol. The van der Waals surface area contributed by atoms with Crippen molar-refractivity contribution in [2.75, 3.05) is 5.32 Å². The van der Waals surface area contributed by atoms with Crippen LogP contribution < -0.4 is 5.32 Å². The summed E-state index contributed by atoms with van der Waals surface area (Å²) in [5, 5.41) is 11.2. The van der Waals surface area contributed by atoms with Crippen LogP contribution in [0.4, 0.5) is 13.9 Å². The molecule has 0 saturated carbocycles. The standard InChI is InChI=1S/C13H11F2N3OS/c1-2-12-17-18-13(20-12)16-11(19)7-6-8-9(14)4-3-5-10(8)15/h3-7H,2H2,1H3,(H,16,18,19)/b7-6+. The van der Waals surface area contributed by atoms with Crippen molar-refractivity contribution in [2.24, 2.45) is 0 Å². The van der Waals surface area contributed by atoms with Gasteiger partial charge in [0.2, 0.25) is 11.0 Å². The Bertz CT molecular complexity index is 635. The van der Waals surface area contributed by atoms with E-state index in [0.717, 1.165) is 35.7 Å². The van der Waals surface area contributed by atoms with Gasteiger partial charge in [0.15, 0.2) is 0 Å². The van der Waals surface area contributed by atoms with Crippen molar-refractivity contribution in [3.63, 3.8) is 0 Å². The Morgan fingerprint density at radius 1 is 1.35 bits per heavy atom. The Morgan fingerprint density at radius 2 is 2.05 bits per heavy atom. The van der Waals surface area contributed by atoms with E-state index < -0.39 is 17.5 Å². The number of anilines is 1. The van der Waals surface area contributed by atoms with Crippen LogP contribution in [-0.4, -0.2) is 16.1 Å². The number of amides is 1. The van der Waals surface area contributed by atoms with Crippen molar-refractivity contribution in [1.29, 1.82) is 0 Å². The number of halogens is 2. The molecule has 1 N–H and O–H groups in total. The minimum Gasteiger partial charge on any atom is -0.297 e. The van der Waals surface area contributed by atoms with Gasteiger partial charge in [-0.3, -0.25) is 10.1 Å². The van der Waals surface area contributed by atoms with E-state index in [1.54, 1.807) is 0 Å². The highest BCUT2D eigenvalue weighted by atomic mass is 32.1. The molecule has 1 aromatic heterocycles. The molecule has 0 aliphatic heterocycles. The maximum absolute atomic E-state index is 13.3. The fraction of sp³-hybridized carbons (Fsp3) is 0.154. The van der Waals surface area contributed by atoms with Crippen LogP contribution in [0.25, 0.3) is 6.08 Å². The summed E-state index contributed by atoms with van der Waals surface area (Å²) < 4.78 is 26.7. The zero-order valence-electron chi connectivity index (χ0n) is 10.6. The van der Waals surface area contributed by atoms with Gasteiger partial charge in [0.05, 0.1) is 0 Å². The van der Waals surface area contributed by atoms with Gasteiger partial charge in [-0.2, -0.15) is 0 Å². The van der Waals surface area contributed by atoms with E-state index in [4.69, 9.17) is 0 Å². The van der Waals surface area contributed by atoms with Crippen LogP contribution in [0.15, 0.2) is 24.3 Å². The lowest BCUT2D eigenvalue weighted by atomic mass is 10.2. The molecule has 0 atom stereocenters. The van der Waals surface area contributed by atoms with Crippen molar-refractivity contribution in [2.45, 2.75) is 13.3 Å². The topological polar surface area (TPSA) is 54.9 Å². The fourth-order valence-electron chi connectivity index (χ4n) is 1.42. The van der Waals surface area contributed by atoms with E-state index in [9.17, 15) is 13.6 Å². The lowest BCUT2D eigenvalue weighted by molar-refractivity contribution is -0.111. The number of nitrogens with zero attached hydrogens (tertiary/aromatic N) is 2. The van der Waals surface area contributed by atoms with Crippen molar-refractivity contribution < 1.29 is 13.6 Å². The quantitative estimate of drug-likeness (QED) is 0.882. The first-order valence-electron chi connectivity index (χ1n) is 5.85. The maximum atomic E-state index is 13.3. The molecule has 2 aromatic rings. The highest BCUT2D eigenvalue weighted by Crippen LogP contribution is 2.16. The number of benzene rings is 1. The van der Waals surface area contributed by atoms with Gasteiger partial charge in [0.25, 0.3) is 0 Å². The molecule has 7 heteroatoms. The molecule has 0 radical (unpaired) electrons. The van der Waals surface area contributed by atoms with Crippen molar-refractivity contribution in [3.05, 3.63) is 46.5 Å². The lowest BCUT2D eigenvalue weighted by Gasteiger charge is -1.98. The first kappa shape index (κ1) is 14.3. The van der Waals surface area contributed by atoms with E-state index >= 15 is 0 Å². The Labute approximate surface area is 118 Å². The summed E-state index contributed by atoms with van der Waals surface area (Å²) in [6, 6.07) is 3.51. The number of hydrogen-bond acceptors (Lipinski definition) is 4. The molecule has 4 nitrogen and oxygen atoms in total. The summed E-state index contributed by atoms with van der Waals surface area (Å²) >= 11 is 1.25. The van der Waals surface area contributed by atoms with Gasteiger partial charge in [-0.05, 0) is 24.6 Å². The molecule has 0 unspecified atom stereocenters. The number of rotatable bonds is 4. The van der Waals surface area contributed by atoms with Crippen LogP contribution in [0.3, 0.4) is 0 Å². The van der Waals surface area contributed by atoms with Crippen LogP contribution in [0.2, 0.25) is 0 Å². The molecule has 0 aliphatic carbocycles. The van der Waals surface area contributed by atoms with Crippen molar-refractivity contribution in [3.8, 4) is 0 Å². The van der Waals surface area contributed by atoms with Gasteiger partial charge >= 0.3 is 0 Å². The number of carbonyl (C=O) groups excluding carboxylic acids is 1. The third-order valence-corrected chi connectivity index (χ3v) is 3.38. The van der Waals surface area contributed by atoms with E-state index in [-0.39, 0.29) is 5.56 Å². The van der Waals surface area contributed by atoms with Gasteiger partial charge in [-0.25, -0.2) is 8.78 Å². The van der Waals surface area contributed by atoms with Gasteiger partial charge in [0.1, 0.15) is 16.6 Å².